The van der Waals surface area contributed by atoms with Gasteiger partial charge in [0.1, 0.15) is 23.9 Å². The van der Waals surface area contributed by atoms with E-state index >= 15 is 0 Å². The van der Waals surface area contributed by atoms with Crippen molar-refractivity contribution in [1.29, 1.82) is 0 Å². The van der Waals surface area contributed by atoms with Crippen LogP contribution in [0.2, 0.25) is 0 Å². The number of nitrogens with one attached hydrogen (secondary N) is 5. The lowest BCUT2D eigenvalue weighted by Crippen LogP contribution is -2.58. The summed E-state index contributed by atoms with van der Waals surface area (Å²) >= 11 is 4.07. The molecule has 226 valence electrons. The van der Waals surface area contributed by atoms with Crippen LogP contribution in [0.3, 0.4) is 0 Å². The molecule has 0 fully saturated rings. The molecule has 0 aliphatic heterocycles. The van der Waals surface area contributed by atoms with Gasteiger partial charge in [-0.2, -0.15) is 12.6 Å². The Morgan fingerprint density at radius 1 is 0.860 bits per heavy atom. The van der Waals surface area contributed by atoms with Crippen molar-refractivity contribution in [3.63, 3.8) is 0 Å². The van der Waals surface area contributed by atoms with Crippen LogP contribution in [0.15, 0.2) is 67.3 Å². The van der Waals surface area contributed by atoms with E-state index in [1.807, 2.05) is 24.3 Å². The van der Waals surface area contributed by atoms with Crippen molar-refractivity contribution in [2.45, 2.75) is 43.4 Å². The monoisotopic (exact) mass is 607 g/mol. The number of carbonyl (C=O) groups excluding carboxylic acids is 3. The number of hydrogen-bond acceptors (Lipinski definition) is 8. The average molecular weight is 608 g/mol. The number of carbonyl (C=O) groups is 4. The Balaban J connectivity index is 1.56. The molecular weight excluding hydrogens is 574 g/mol. The zero-order chi connectivity index (χ0) is 30.9. The van der Waals surface area contributed by atoms with E-state index in [1.165, 1.54) is 24.7 Å². The van der Waals surface area contributed by atoms with Gasteiger partial charge in [0.2, 0.25) is 17.7 Å². The Bertz CT molecular complexity index is 1560. The number of aromatic hydroxyl groups is 1. The lowest BCUT2D eigenvalue weighted by molar-refractivity contribution is -0.142. The van der Waals surface area contributed by atoms with E-state index in [0.717, 1.165) is 16.5 Å². The van der Waals surface area contributed by atoms with E-state index in [0.29, 0.717) is 11.3 Å². The van der Waals surface area contributed by atoms with E-state index in [1.54, 1.807) is 18.3 Å². The summed E-state index contributed by atoms with van der Waals surface area (Å²) in [5, 5.41) is 28.1. The summed E-state index contributed by atoms with van der Waals surface area (Å²) < 4.78 is 0. The molecule has 4 rings (SSSR count). The Labute approximate surface area is 252 Å². The van der Waals surface area contributed by atoms with Crippen LogP contribution < -0.4 is 21.7 Å². The van der Waals surface area contributed by atoms with Crippen LogP contribution in [0.4, 0.5) is 0 Å². The minimum absolute atomic E-state index is 0.0200. The van der Waals surface area contributed by atoms with Crippen molar-refractivity contribution in [2.75, 3.05) is 5.75 Å². The number of rotatable bonds is 14. The lowest BCUT2D eigenvalue weighted by Gasteiger charge is -2.25. The minimum Gasteiger partial charge on any atom is -0.508 e. The molecule has 4 unspecified atom stereocenters. The number of phenols is 1. The molecule has 0 saturated heterocycles. The molecule has 2 heterocycles. The third-order valence-electron chi connectivity index (χ3n) is 6.87. The fraction of sp³-hybridized carbons (Fsp3) is 0.276. The third-order valence-corrected chi connectivity index (χ3v) is 7.26. The predicted molar refractivity (Wildman–Crippen MR) is 161 cm³/mol. The van der Waals surface area contributed by atoms with Crippen LogP contribution in [-0.4, -0.2) is 78.8 Å². The average Bonchev–Trinajstić information content (AvgIpc) is 3.66. The molecule has 0 radical (unpaired) electrons. The molecular formula is C29H33N7O6S. The zero-order valence-electron chi connectivity index (χ0n) is 23.0. The van der Waals surface area contributed by atoms with Crippen LogP contribution in [0, 0.1) is 0 Å². The van der Waals surface area contributed by atoms with Crippen molar-refractivity contribution >= 4 is 47.2 Å². The normalized spacial score (nSPS) is 13.9. The number of fused-ring (bicyclic) bond motifs is 1. The second-order valence-corrected chi connectivity index (χ2v) is 10.4. The Kier molecular flexibility index (Phi) is 10.4. The number of carboxylic acid groups (broad SMARTS) is 1. The summed E-state index contributed by atoms with van der Waals surface area (Å²) in [6.07, 6.45) is 4.62. The first-order valence-corrected chi connectivity index (χ1v) is 14.1. The van der Waals surface area contributed by atoms with Crippen LogP contribution in [0.1, 0.15) is 16.8 Å². The van der Waals surface area contributed by atoms with E-state index in [9.17, 15) is 29.4 Å². The molecule has 4 atom stereocenters. The number of carboxylic acids is 1. The predicted octanol–water partition coefficient (Wildman–Crippen LogP) is 0.421. The van der Waals surface area contributed by atoms with Gasteiger partial charge in [-0.3, -0.25) is 14.4 Å². The third kappa shape index (κ3) is 8.36. The SMILES string of the molecule is NC(CS)C(=O)NC(Cc1c[nH]c2ccccc12)C(=O)NC(Cc1cnc[nH]1)C(=O)NC(Cc1ccc(O)cc1)C(=O)O. The van der Waals surface area contributed by atoms with Gasteiger partial charge in [0, 0.05) is 54.0 Å². The summed E-state index contributed by atoms with van der Waals surface area (Å²) in [6.45, 7) is 0. The van der Waals surface area contributed by atoms with Crippen molar-refractivity contribution in [3.8, 4) is 5.75 Å². The smallest absolute Gasteiger partial charge is 0.326 e. The maximum absolute atomic E-state index is 13.7. The first-order chi connectivity index (χ1) is 20.6. The van der Waals surface area contributed by atoms with E-state index < -0.39 is 47.9 Å². The highest BCUT2D eigenvalue weighted by molar-refractivity contribution is 7.80. The van der Waals surface area contributed by atoms with Crippen molar-refractivity contribution < 1.29 is 29.4 Å². The Morgan fingerprint density at radius 3 is 2.16 bits per heavy atom. The molecule has 4 aromatic rings. The summed E-state index contributed by atoms with van der Waals surface area (Å²) in [4.78, 5) is 61.9. The quantitative estimate of drug-likeness (QED) is 0.0914. The van der Waals surface area contributed by atoms with Gasteiger partial charge in [-0.05, 0) is 29.3 Å². The largest absolute Gasteiger partial charge is 0.508 e. The number of phenolic OH excluding ortho intramolecular Hbond substituents is 1. The number of benzene rings is 2. The molecule has 9 N–H and O–H groups in total. The van der Waals surface area contributed by atoms with Crippen LogP contribution >= 0.6 is 12.6 Å². The first kappa shape index (κ1) is 31.1. The van der Waals surface area contributed by atoms with Crippen LogP contribution in [0.5, 0.6) is 5.75 Å². The highest BCUT2D eigenvalue weighted by atomic mass is 32.1. The number of imidazole rings is 1. The van der Waals surface area contributed by atoms with Crippen molar-refractivity contribution in [1.82, 2.24) is 30.9 Å². The maximum atomic E-state index is 13.7. The molecule has 0 aliphatic carbocycles. The van der Waals surface area contributed by atoms with Crippen molar-refractivity contribution in [2.24, 2.45) is 5.73 Å². The topological polar surface area (TPSA) is 215 Å². The molecule has 3 amide bonds. The molecule has 13 nitrogen and oxygen atoms in total. The fourth-order valence-electron chi connectivity index (χ4n) is 4.53. The molecule has 0 bridgehead atoms. The molecule has 0 saturated carbocycles. The lowest BCUT2D eigenvalue weighted by atomic mass is 10.0. The Morgan fingerprint density at radius 2 is 1.51 bits per heavy atom. The van der Waals surface area contributed by atoms with Crippen LogP contribution in [0.25, 0.3) is 10.9 Å². The van der Waals surface area contributed by atoms with Gasteiger partial charge < -0.3 is 41.9 Å². The summed E-state index contributed by atoms with van der Waals surface area (Å²) in [6, 6.07) is 8.77. The summed E-state index contributed by atoms with van der Waals surface area (Å²) in [5.74, 6) is -3.22. The molecule has 2 aromatic carbocycles. The summed E-state index contributed by atoms with van der Waals surface area (Å²) in [7, 11) is 0. The second-order valence-electron chi connectivity index (χ2n) is 10.0. The van der Waals surface area contributed by atoms with Gasteiger partial charge in [0.15, 0.2) is 0 Å². The number of H-pyrrole nitrogens is 2. The van der Waals surface area contributed by atoms with Gasteiger partial charge in [-0.1, -0.05) is 30.3 Å². The number of amides is 3. The second kappa shape index (κ2) is 14.4. The number of aromatic nitrogens is 3. The summed E-state index contributed by atoms with van der Waals surface area (Å²) in [5.41, 5.74) is 8.54. The molecule has 0 aliphatic rings. The van der Waals surface area contributed by atoms with Crippen molar-refractivity contribution in [3.05, 3.63) is 84.1 Å². The fourth-order valence-corrected chi connectivity index (χ4v) is 4.70. The Hall–Kier alpha value is -4.82. The molecule has 2 aromatic heterocycles. The van der Waals surface area contributed by atoms with Gasteiger partial charge in [-0.15, -0.1) is 0 Å². The molecule has 43 heavy (non-hydrogen) atoms. The molecule has 0 spiro atoms. The number of aliphatic carboxylic acids is 1. The highest BCUT2D eigenvalue weighted by Crippen LogP contribution is 2.19. The van der Waals surface area contributed by atoms with Gasteiger partial charge in [0.25, 0.3) is 0 Å². The number of para-hydroxylation sites is 1. The van der Waals surface area contributed by atoms with E-state index in [-0.39, 0.29) is 30.8 Å². The zero-order valence-corrected chi connectivity index (χ0v) is 23.9. The maximum Gasteiger partial charge on any atom is 0.326 e. The highest BCUT2D eigenvalue weighted by Gasteiger charge is 2.31. The van der Waals surface area contributed by atoms with Gasteiger partial charge in [0.05, 0.1) is 12.4 Å². The van der Waals surface area contributed by atoms with Crippen LogP contribution in [-0.2, 0) is 38.4 Å². The molecule has 14 heteroatoms. The van der Waals surface area contributed by atoms with Gasteiger partial charge >= 0.3 is 5.97 Å². The van der Waals surface area contributed by atoms with E-state index in [4.69, 9.17) is 5.73 Å². The number of nitrogens with zero attached hydrogens (tertiary/aromatic N) is 1. The number of hydrogen-bond donors (Lipinski definition) is 9. The van der Waals surface area contributed by atoms with E-state index in [2.05, 4.69) is 43.5 Å². The number of aromatic amines is 2. The first-order valence-electron chi connectivity index (χ1n) is 13.4. The number of nitrogens with two attached hydrogens (primary N) is 1. The van der Waals surface area contributed by atoms with Gasteiger partial charge in [-0.25, -0.2) is 9.78 Å². The standard InChI is InChI=1S/C29H33N7O6S/c30-21(14-43)26(38)34-23(10-17-12-32-22-4-2-1-3-20(17)22)27(39)35-24(11-18-13-31-15-33-18)28(40)36-25(29(41)42)9-16-5-7-19(37)8-6-16/h1-8,12-13,15,21,23-25,32,37,43H,9-11,14,30H2,(H,31,33)(H,34,38)(H,35,39)(H,36,40)(H,41,42). The minimum atomic E-state index is -1.33. The number of thiol groups is 1.